The average Bonchev–Trinajstić information content (AvgIpc) is 3.03. The minimum Gasteiger partial charge on any atom is -0.454 e. The lowest BCUT2D eigenvalue weighted by Crippen LogP contribution is -2.30. The van der Waals surface area contributed by atoms with E-state index in [9.17, 15) is 9.59 Å². The molecule has 0 unspecified atom stereocenters. The number of benzene rings is 1. The van der Waals surface area contributed by atoms with Gasteiger partial charge in [0.2, 0.25) is 6.79 Å². The quantitative estimate of drug-likeness (QED) is 0.867. The molecule has 1 amide bonds. The van der Waals surface area contributed by atoms with Crippen LogP contribution in [0.2, 0.25) is 0 Å². The highest BCUT2D eigenvalue weighted by molar-refractivity contribution is 5.97. The molecule has 24 heavy (non-hydrogen) atoms. The van der Waals surface area contributed by atoms with Crippen LogP contribution in [0.25, 0.3) is 0 Å². The van der Waals surface area contributed by atoms with Gasteiger partial charge < -0.3 is 19.5 Å². The van der Waals surface area contributed by atoms with Crippen molar-refractivity contribution < 1.29 is 23.8 Å². The second-order valence-corrected chi connectivity index (χ2v) is 5.29. The van der Waals surface area contributed by atoms with Crippen LogP contribution in [-0.4, -0.2) is 29.8 Å². The molecule has 124 valence electrons. The van der Waals surface area contributed by atoms with E-state index >= 15 is 0 Å². The number of amides is 1. The number of carbonyl (C=O) groups excluding carboxylic acids is 2. The van der Waals surface area contributed by atoms with Gasteiger partial charge in [0.25, 0.3) is 5.91 Å². The summed E-state index contributed by atoms with van der Waals surface area (Å²) in [6.07, 6.45) is 0.462. The predicted molar refractivity (Wildman–Crippen MR) is 85.0 cm³/mol. The van der Waals surface area contributed by atoms with Gasteiger partial charge in [-0.3, -0.25) is 9.78 Å². The van der Waals surface area contributed by atoms with Crippen LogP contribution in [0, 0.1) is 6.92 Å². The van der Waals surface area contributed by atoms with Crippen LogP contribution in [0.15, 0.2) is 36.5 Å². The number of aryl methyl sites for hydroxylation is 1. The van der Waals surface area contributed by atoms with Gasteiger partial charge in [-0.15, -0.1) is 0 Å². The monoisotopic (exact) mass is 328 g/mol. The van der Waals surface area contributed by atoms with Gasteiger partial charge in [0, 0.05) is 23.6 Å². The van der Waals surface area contributed by atoms with E-state index in [1.807, 2.05) is 6.92 Å². The van der Waals surface area contributed by atoms with Crippen LogP contribution in [0.3, 0.4) is 0 Å². The maximum atomic E-state index is 12.2. The Labute approximate surface area is 138 Å². The number of pyridine rings is 1. The van der Waals surface area contributed by atoms with Crippen LogP contribution >= 0.6 is 0 Å². The largest absolute Gasteiger partial charge is 0.454 e. The number of carbonyl (C=O) groups is 2. The van der Waals surface area contributed by atoms with Gasteiger partial charge in [-0.1, -0.05) is 0 Å². The second kappa shape index (κ2) is 6.57. The Hall–Kier alpha value is -3.09. The molecule has 0 fully saturated rings. The van der Waals surface area contributed by atoms with Crippen LogP contribution in [0.5, 0.6) is 11.5 Å². The Balaban J connectivity index is 1.60. The second-order valence-electron chi connectivity index (χ2n) is 5.29. The molecule has 1 aromatic carbocycles. The van der Waals surface area contributed by atoms with Gasteiger partial charge in [0.15, 0.2) is 17.6 Å². The third kappa shape index (κ3) is 3.45. The summed E-state index contributed by atoms with van der Waals surface area (Å²) < 4.78 is 15.6. The number of rotatable bonds is 4. The fourth-order valence-corrected chi connectivity index (χ4v) is 2.09. The number of esters is 1. The van der Waals surface area contributed by atoms with Crippen molar-refractivity contribution in [2.45, 2.75) is 20.0 Å². The average molecular weight is 328 g/mol. The van der Waals surface area contributed by atoms with Gasteiger partial charge in [0.05, 0.1) is 5.56 Å². The van der Waals surface area contributed by atoms with Crippen molar-refractivity contribution >= 4 is 17.6 Å². The maximum Gasteiger partial charge on any atom is 0.340 e. The molecule has 1 aliphatic rings. The minimum absolute atomic E-state index is 0.158. The van der Waals surface area contributed by atoms with Gasteiger partial charge in [-0.25, -0.2) is 4.79 Å². The summed E-state index contributed by atoms with van der Waals surface area (Å²) in [5.41, 5.74) is 1.62. The van der Waals surface area contributed by atoms with E-state index < -0.39 is 18.0 Å². The smallest absolute Gasteiger partial charge is 0.340 e. The molecule has 1 aromatic heterocycles. The fraction of sp³-hybridized carbons (Fsp3) is 0.235. The fourth-order valence-electron chi connectivity index (χ4n) is 2.09. The summed E-state index contributed by atoms with van der Waals surface area (Å²) in [6.45, 7) is 3.48. The Morgan fingerprint density at radius 3 is 2.75 bits per heavy atom. The van der Waals surface area contributed by atoms with Gasteiger partial charge in [0.1, 0.15) is 0 Å². The lowest BCUT2D eigenvalue weighted by Gasteiger charge is -2.13. The van der Waals surface area contributed by atoms with Crippen molar-refractivity contribution in [1.82, 2.24) is 4.98 Å². The van der Waals surface area contributed by atoms with Crippen LogP contribution in [-0.2, 0) is 9.53 Å². The molecule has 1 atom stereocenters. The molecule has 0 saturated heterocycles. The van der Waals surface area contributed by atoms with Gasteiger partial charge in [-0.05, 0) is 38.1 Å². The third-order valence-electron chi connectivity index (χ3n) is 3.44. The first kappa shape index (κ1) is 15.8. The van der Waals surface area contributed by atoms with E-state index in [0.717, 1.165) is 5.69 Å². The highest BCUT2D eigenvalue weighted by Gasteiger charge is 2.20. The number of ether oxygens (including phenoxy) is 3. The number of hydrogen-bond acceptors (Lipinski definition) is 6. The number of nitrogens with one attached hydrogen (secondary N) is 1. The van der Waals surface area contributed by atoms with Crippen molar-refractivity contribution in [2.75, 3.05) is 12.1 Å². The maximum absolute atomic E-state index is 12.2. The first-order valence-electron chi connectivity index (χ1n) is 7.37. The molecular weight excluding hydrogens is 312 g/mol. The predicted octanol–water partition coefficient (Wildman–Crippen LogP) is 2.30. The van der Waals surface area contributed by atoms with E-state index in [4.69, 9.17) is 14.2 Å². The number of hydrogen-bond donors (Lipinski definition) is 1. The minimum atomic E-state index is -0.954. The molecule has 2 heterocycles. The highest BCUT2D eigenvalue weighted by atomic mass is 16.7. The topological polar surface area (TPSA) is 86.8 Å². The Morgan fingerprint density at radius 2 is 2.00 bits per heavy atom. The summed E-state index contributed by atoms with van der Waals surface area (Å²) in [5.74, 6) is 0.139. The van der Waals surface area contributed by atoms with Crippen molar-refractivity contribution in [3.05, 3.63) is 47.8 Å². The summed E-state index contributed by atoms with van der Waals surface area (Å²) in [7, 11) is 0. The van der Waals surface area contributed by atoms with Crippen LogP contribution in [0.4, 0.5) is 5.69 Å². The lowest BCUT2D eigenvalue weighted by atomic mass is 10.2. The van der Waals surface area contributed by atoms with E-state index in [2.05, 4.69) is 10.3 Å². The molecule has 7 nitrogen and oxygen atoms in total. The molecule has 7 heteroatoms. The highest BCUT2D eigenvalue weighted by Crippen LogP contribution is 2.34. The lowest BCUT2D eigenvalue weighted by molar-refractivity contribution is -0.123. The Morgan fingerprint density at radius 1 is 1.21 bits per heavy atom. The molecule has 0 bridgehead atoms. The third-order valence-corrected chi connectivity index (χ3v) is 3.44. The zero-order valence-electron chi connectivity index (χ0n) is 13.2. The summed E-state index contributed by atoms with van der Waals surface area (Å²) in [4.78, 5) is 28.2. The van der Waals surface area contributed by atoms with E-state index in [0.29, 0.717) is 22.7 Å². The van der Waals surface area contributed by atoms with Gasteiger partial charge in [-0.2, -0.15) is 0 Å². The molecule has 2 aromatic rings. The molecule has 1 aliphatic heterocycles. The Kier molecular flexibility index (Phi) is 4.33. The molecular formula is C17H16N2O5. The summed E-state index contributed by atoms with van der Waals surface area (Å²) in [6, 6.07) is 8.34. The van der Waals surface area contributed by atoms with E-state index in [1.165, 1.54) is 13.1 Å². The standard InChI is InChI=1S/C17H16N2O5/c1-10-3-4-12(8-18-10)17(21)24-11(2)16(20)19-13-5-6-14-15(7-13)23-9-22-14/h3-8,11H,9H2,1-2H3,(H,19,20)/t11-/m1/s1. The molecule has 0 aliphatic carbocycles. The zero-order chi connectivity index (χ0) is 17.1. The Bertz CT molecular complexity index is 773. The molecule has 0 spiro atoms. The number of aromatic nitrogens is 1. The molecule has 0 saturated carbocycles. The van der Waals surface area contributed by atoms with Crippen LogP contribution < -0.4 is 14.8 Å². The molecule has 1 N–H and O–H groups in total. The summed E-state index contributed by atoms with van der Waals surface area (Å²) >= 11 is 0. The van der Waals surface area contributed by atoms with Crippen LogP contribution in [0.1, 0.15) is 23.0 Å². The normalized spacial score (nSPS) is 13.2. The zero-order valence-corrected chi connectivity index (χ0v) is 13.2. The van der Waals surface area contributed by atoms with Crippen molar-refractivity contribution in [3.8, 4) is 11.5 Å². The SMILES string of the molecule is Cc1ccc(C(=O)O[C@H](C)C(=O)Nc2ccc3c(c2)OCO3)cn1. The molecule has 0 radical (unpaired) electrons. The van der Waals surface area contributed by atoms with E-state index in [1.54, 1.807) is 30.3 Å². The first-order chi connectivity index (χ1) is 11.5. The van der Waals surface area contributed by atoms with Crippen molar-refractivity contribution in [1.29, 1.82) is 0 Å². The number of anilines is 1. The van der Waals surface area contributed by atoms with Crippen molar-refractivity contribution in [3.63, 3.8) is 0 Å². The molecule has 3 rings (SSSR count). The van der Waals surface area contributed by atoms with Gasteiger partial charge >= 0.3 is 5.97 Å². The van der Waals surface area contributed by atoms with Crippen molar-refractivity contribution in [2.24, 2.45) is 0 Å². The summed E-state index contributed by atoms with van der Waals surface area (Å²) in [5, 5.41) is 2.67. The first-order valence-corrected chi connectivity index (χ1v) is 7.37. The number of nitrogens with zero attached hydrogens (tertiary/aromatic N) is 1. The number of fused-ring (bicyclic) bond motifs is 1. The van der Waals surface area contributed by atoms with E-state index in [-0.39, 0.29) is 6.79 Å².